The summed E-state index contributed by atoms with van der Waals surface area (Å²) >= 11 is 0. The van der Waals surface area contributed by atoms with Gasteiger partial charge in [-0.3, -0.25) is 14.6 Å². The number of nitrogens with zero attached hydrogens (tertiary/aromatic N) is 1. The SMILES string of the molecule is CC(C)(C)C(=O)c1cc2cc(CC(=O)c3ccc(N)cc3)ncc2[nH]1. The fourth-order valence-electron chi connectivity index (χ4n) is 2.64. The number of anilines is 1. The second-order valence-corrected chi connectivity index (χ2v) is 7.25. The summed E-state index contributed by atoms with van der Waals surface area (Å²) in [5, 5.41) is 0.878. The van der Waals surface area contributed by atoms with E-state index in [0.717, 1.165) is 10.9 Å². The van der Waals surface area contributed by atoms with Gasteiger partial charge in [0.05, 0.1) is 23.8 Å². The molecule has 0 spiro atoms. The van der Waals surface area contributed by atoms with Crippen molar-refractivity contribution in [2.24, 2.45) is 5.41 Å². The minimum atomic E-state index is -0.456. The van der Waals surface area contributed by atoms with Gasteiger partial charge in [-0.1, -0.05) is 20.8 Å². The predicted molar refractivity (Wildman–Crippen MR) is 98.8 cm³/mol. The highest BCUT2D eigenvalue weighted by molar-refractivity contribution is 6.02. The van der Waals surface area contributed by atoms with Crippen LogP contribution >= 0.6 is 0 Å². The van der Waals surface area contributed by atoms with Crippen LogP contribution < -0.4 is 5.73 Å². The fourth-order valence-corrected chi connectivity index (χ4v) is 2.64. The van der Waals surface area contributed by atoms with E-state index in [1.807, 2.05) is 32.9 Å². The monoisotopic (exact) mass is 335 g/mol. The van der Waals surface area contributed by atoms with Crippen molar-refractivity contribution in [1.82, 2.24) is 9.97 Å². The lowest BCUT2D eigenvalue weighted by Gasteiger charge is -2.14. The Kier molecular flexibility index (Phi) is 4.17. The van der Waals surface area contributed by atoms with E-state index in [-0.39, 0.29) is 18.0 Å². The molecule has 25 heavy (non-hydrogen) atoms. The van der Waals surface area contributed by atoms with E-state index in [1.54, 1.807) is 30.5 Å². The number of nitrogens with two attached hydrogens (primary N) is 1. The molecule has 5 nitrogen and oxygen atoms in total. The van der Waals surface area contributed by atoms with Crippen LogP contribution in [0, 0.1) is 5.41 Å². The van der Waals surface area contributed by atoms with E-state index < -0.39 is 5.41 Å². The normalized spacial score (nSPS) is 11.6. The largest absolute Gasteiger partial charge is 0.399 e. The molecule has 1 aromatic carbocycles. The Labute approximate surface area is 146 Å². The molecule has 0 saturated carbocycles. The van der Waals surface area contributed by atoms with Crippen molar-refractivity contribution in [2.75, 3.05) is 5.73 Å². The van der Waals surface area contributed by atoms with Crippen LogP contribution in [0.5, 0.6) is 0 Å². The van der Waals surface area contributed by atoms with E-state index in [2.05, 4.69) is 9.97 Å². The van der Waals surface area contributed by atoms with Crippen LogP contribution in [0.3, 0.4) is 0 Å². The van der Waals surface area contributed by atoms with Crippen LogP contribution in [0.15, 0.2) is 42.6 Å². The summed E-state index contributed by atoms with van der Waals surface area (Å²) in [6.45, 7) is 5.65. The highest BCUT2D eigenvalue weighted by Crippen LogP contribution is 2.24. The maximum absolute atomic E-state index is 12.4. The number of carbonyl (C=O) groups is 2. The molecule has 3 N–H and O–H groups in total. The zero-order valence-electron chi connectivity index (χ0n) is 14.6. The molecule has 0 radical (unpaired) electrons. The Morgan fingerprint density at radius 2 is 1.80 bits per heavy atom. The second kappa shape index (κ2) is 6.16. The van der Waals surface area contributed by atoms with Crippen LogP contribution in [0.4, 0.5) is 5.69 Å². The lowest BCUT2D eigenvalue weighted by atomic mass is 9.89. The number of hydrogen-bond acceptors (Lipinski definition) is 4. The van der Waals surface area contributed by atoms with Gasteiger partial charge in [-0.2, -0.15) is 0 Å². The predicted octanol–water partition coefficient (Wildman–Crippen LogP) is 3.80. The second-order valence-electron chi connectivity index (χ2n) is 7.25. The summed E-state index contributed by atoms with van der Waals surface area (Å²) in [7, 11) is 0. The fraction of sp³-hybridized carbons (Fsp3) is 0.250. The standard InChI is InChI=1S/C20H21N3O2/c1-20(2,3)19(25)16-9-13-8-15(22-11-17(13)23-16)10-18(24)12-4-6-14(21)7-5-12/h4-9,11,23H,10,21H2,1-3H3. The smallest absolute Gasteiger partial charge is 0.184 e. The first-order valence-electron chi connectivity index (χ1n) is 8.15. The lowest BCUT2D eigenvalue weighted by Crippen LogP contribution is -2.20. The third kappa shape index (κ3) is 3.60. The minimum Gasteiger partial charge on any atom is -0.399 e. The van der Waals surface area contributed by atoms with E-state index in [9.17, 15) is 9.59 Å². The number of fused-ring (bicyclic) bond motifs is 1. The average Bonchev–Trinajstić information content (AvgIpc) is 2.96. The number of nitrogen functional groups attached to an aromatic ring is 1. The first-order valence-corrected chi connectivity index (χ1v) is 8.15. The third-order valence-corrected chi connectivity index (χ3v) is 4.06. The van der Waals surface area contributed by atoms with Crippen LogP contribution in [0.2, 0.25) is 0 Å². The van der Waals surface area contributed by atoms with Crippen molar-refractivity contribution in [3.05, 3.63) is 59.5 Å². The Bertz CT molecular complexity index is 947. The summed E-state index contributed by atoms with van der Waals surface area (Å²) in [6.07, 6.45) is 1.87. The van der Waals surface area contributed by atoms with Gasteiger partial charge in [-0.05, 0) is 36.4 Å². The maximum Gasteiger partial charge on any atom is 0.184 e. The van der Waals surface area contributed by atoms with Gasteiger partial charge in [0, 0.05) is 27.7 Å². The zero-order chi connectivity index (χ0) is 18.2. The first-order chi connectivity index (χ1) is 11.7. The van der Waals surface area contributed by atoms with Gasteiger partial charge >= 0.3 is 0 Å². The van der Waals surface area contributed by atoms with Crippen molar-refractivity contribution in [3.8, 4) is 0 Å². The molecular weight excluding hydrogens is 314 g/mol. The van der Waals surface area contributed by atoms with Crippen LogP contribution in [0.25, 0.3) is 10.9 Å². The molecule has 2 aromatic heterocycles. The van der Waals surface area contributed by atoms with Crippen molar-refractivity contribution in [3.63, 3.8) is 0 Å². The van der Waals surface area contributed by atoms with Gasteiger partial charge in [-0.15, -0.1) is 0 Å². The number of aromatic amines is 1. The highest BCUT2D eigenvalue weighted by Gasteiger charge is 2.24. The Hall–Kier alpha value is -2.95. The van der Waals surface area contributed by atoms with Gasteiger partial charge in [0.25, 0.3) is 0 Å². The van der Waals surface area contributed by atoms with Crippen molar-refractivity contribution < 1.29 is 9.59 Å². The number of aromatic nitrogens is 2. The Morgan fingerprint density at radius 3 is 2.44 bits per heavy atom. The molecule has 0 saturated heterocycles. The molecular formula is C20H21N3O2. The van der Waals surface area contributed by atoms with E-state index >= 15 is 0 Å². The van der Waals surface area contributed by atoms with Gasteiger partial charge in [-0.25, -0.2) is 0 Å². The molecule has 3 aromatic rings. The molecule has 0 bridgehead atoms. The molecule has 0 amide bonds. The number of Topliss-reactive ketones (excluding diaryl/α,β-unsaturated/α-hetero) is 2. The number of rotatable bonds is 4. The van der Waals surface area contributed by atoms with Crippen LogP contribution in [-0.2, 0) is 6.42 Å². The zero-order valence-corrected chi connectivity index (χ0v) is 14.6. The molecule has 3 rings (SSSR count). The number of pyridine rings is 1. The maximum atomic E-state index is 12.4. The minimum absolute atomic E-state index is 0.0200. The third-order valence-electron chi connectivity index (χ3n) is 4.06. The quantitative estimate of drug-likeness (QED) is 0.560. The van der Waals surface area contributed by atoms with E-state index in [4.69, 9.17) is 5.73 Å². The molecule has 0 aliphatic rings. The molecule has 0 aliphatic carbocycles. The van der Waals surface area contributed by atoms with Crippen LogP contribution in [-0.4, -0.2) is 21.5 Å². The molecule has 5 heteroatoms. The Morgan fingerprint density at radius 1 is 1.12 bits per heavy atom. The number of H-pyrrole nitrogens is 1. The van der Waals surface area contributed by atoms with Crippen molar-refractivity contribution in [1.29, 1.82) is 0 Å². The molecule has 2 heterocycles. The van der Waals surface area contributed by atoms with Gasteiger partial charge in [0.2, 0.25) is 0 Å². The number of hydrogen-bond donors (Lipinski definition) is 2. The molecule has 0 unspecified atom stereocenters. The van der Waals surface area contributed by atoms with Gasteiger partial charge in [0.15, 0.2) is 11.6 Å². The van der Waals surface area contributed by atoms with Crippen LogP contribution in [0.1, 0.15) is 47.3 Å². The summed E-state index contributed by atoms with van der Waals surface area (Å²) in [5.74, 6) is 0.0246. The number of carbonyl (C=O) groups excluding carboxylic acids is 2. The summed E-state index contributed by atoms with van der Waals surface area (Å²) in [6, 6.07) is 10.5. The number of nitrogens with one attached hydrogen (secondary N) is 1. The van der Waals surface area contributed by atoms with Crippen molar-refractivity contribution in [2.45, 2.75) is 27.2 Å². The number of ketones is 2. The first kappa shape index (κ1) is 16.9. The lowest BCUT2D eigenvalue weighted by molar-refractivity contribution is 0.0853. The topological polar surface area (TPSA) is 88.8 Å². The molecule has 0 aliphatic heterocycles. The van der Waals surface area contributed by atoms with E-state index in [0.29, 0.717) is 22.6 Å². The Balaban J connectivity index is 1.85. The highest BCUT2D eigenvalue weighted by atomic mass is 16.1. The van der Waals surface area contributed by atoms with E-state index in [1.165, 1.54) is 0 Å². The molecule has 128 valence electrons. The summed E-state index contributed by atoms with van der Waals surface area (Å²) in [4.78, 5) is 32.2. The summed E-state index contributed by atoms with van der Waals surface area (Å²) < 4.78 is 0. The van der Waals surface area contributed by atoms with Crippen molar-refractivity contribution >= 4 is 28.2 Å². The number of benzene rings is 1. The molecule has 0 atom stereocenters. The van der Waals surface area contributed by atoms with Gasteiger partial charge in [0.1, 0.15) is 0 Å². The molecule has 0 fully saturated rings. The average molecular weight is 335 g/mol. The summed E-state index contributed by atoms with van der Waals surface area (Å²) in [5.41, 5.74) is 8.44. The van der Waals surface area contributed by atoms with Gasteiger partial charge < -0.3 is 10.7 Å².